The van der Waals surface area contributed by atoms with Gasteiger partial charge in [0, 0.05) is 37.5 Å². The van der Waals surface area contributed by atoms with E-state index in [1.54, 1.807) is 13.3 Å². The quantitative estimate of drug-likeness (QED) is 0.817. The van der Waals surface area contributed by atoms with Crippen LogP contribution in [0.5, 0.6) is 0 Å². The van der Waals surface area contributed by atoms with E-state index in [0.717, 1.165) is 36.3 Å². The Morgan fingerprint density at radius 3 is 2.94 bits per heavy atom. The molecule has 1 aromatic carbocycles. The van der Waals surface area contributed by atoms with Crippen LogP contribution in [0.25, 0.3) is 10.9 Å². The van der Waals surface area contributed by atoms with Gasteiger partial charge < -0.3 is 10.5 Å². The summed E-state index contributed by atoms with van der Waals surface area (Å²) in [7, 11) is 3.79. The van der Waals surface area contributed by atoms with Crippen molar-refractivity contribution in [1.29, 1.82) is 0 Å². The van der Waals surface area contributed by atoms with Gasteiger partial charge in [-0.15, -0.1) is 0 Å². The minimum Gasteiger partial charge on any atom is -0.398 e. The van der Waals surface area contributed by atoms with Crippen LogP contribution in [0.3, 0.4) is 0 Å². The van der Waals surface area contributed by atoms with Gasteiger partial charge in [-0.3, -0.25) is 9.88 Å². The molecule has 0 saturated heterocycles. The fourth-order valence-corrected chi connectivity index (χ4v) is 2.00. The average Bonchev–Trinajstić information content (AvgIpc) is 2.40. The Morgan fingerprint density at radius 2 is 2.17 bits per heavy atom. The average molecular weight is 245 g/mol. The normalized spacial score (nSPS) is 11.3. The van der Waals surface area contributed by atoms with Gasteiger partial charge in [0.05, 0.1) is 12.1 Å². The van der Waals surface area contributed by atoms with Crippen LogP contribution >= 0.6 is 0 Å². The molecule has 0 spiro atoms. The molecule has 0 fully saturated rings. The first kappa shape index (κ1) is 12.8. The molecule has 2 N–H and O–H groups in total. The van der Waals surface area contributed by atoms with Crippen molar-refractivity contribution in [2.75, 3.05) is 33.0 Å². The van der Waals surface area contributed by atoms with E-state index in [9.17, 15) is 0 Å². The molecular weight excluding hydrogens is 226 g/mol. The molecule has 2 aromatic rings. The number of nitrogen functional groups attached to an aromatic ring is 1. The van der Waals surface area contributed by atoms with Crippen LogP contribution in [0.2, 0.25) is 0 Å². The predicted octanol–water partition coefficient (Wildman–Crippen LogP) is 1.90. The van der Waals surface area contributed by atoms with E-state index in [4.69, 9.17) is 10.5 Å². The zero-order valence-corrected chi connectivity index (χ0v) is 10.9. The highest BCUT2D eigenvalue weighted by Gasteiger charge is 2.07. The van der Waals surface area contributed by atoms with Crippen molar-refractivity contribution in [3.8, 4) is 0 Å². The third-order valence-electron chi connectivity index (χ3n) is 3.00. The second kappa shape index (κ2) is 5.80. The zero-order chi connectivity index (χ0) is 13.0. The first-order valence-corrected chi connectivity index (χ1v) is 6.02. The first-order chi connectivity index (χ1) is 8.72. The van der Waals surface area contributed by atoms with E-state index in [0.29, 0.717) is 0 Å². The van der Waals surface area contributed by atoms with Crippen LogP contribution < -0.4 is 5.73 Å². The maximum absolute atomic E-state index is 5.96. The number of benzene rings is 1. The molecule has 0 aliphatic carbocycles. The molecule has 0 aliphatic rings. The van der Waals surface area contributed by atoms with Crippen molar-refractivity contribution < 1.29 is 4.74 Å². The molecule has 4 heteroatoms. The highest BCUT2D eigenvalue weighted by atomic mass is 16.5. The Hall–Kier alpha value is -1.65. The Labute approximate surface area is 107 Å². The molecule has 0 aliphatic heterocycles. The second-order valence-corrected chi connectivity index (χ2v) is 4.44. The highest BCUT2D eigenvalue weighted by molar-refractivity contribution is 5.92. The number of nitrogens with zero attached hydrogens (tertiary/aromatic N) is 2. The number of hydrogen-bond donors (Lipinski definition) is 1. The maximum atomic E-state index is 5.96. The van der Waals surface area contributed by atoms with Crippen molar-refractivity contribution in [1.82, 2.24) is 9.88 Å². The van der Waals surface area contributed by atoms with E-state index >= 15 is 0 Å². The minimum absolute atomic E-state index is 0.733. The lowest BCUT2D eigenvalue weighted by molar-refractivity contribution is 0.159. The maximum Gasteiger partial charge on any atom is 0.0767 e. The summed E-state index contributed by atoms with van der Waals surface area (Å²) in [5.41, 5.74) is 8.92. The van der Waals surface area contributed by atoms with Crippen LogP contribution in [-0.4, -0.2) is 37.2 Å². The van der Waals surface area contributed by atoms with Gasteiger partial charge in [-0.1, -0.05) is 6.07 Å². The number of methoxy groups -OCH3 is 1. The SMILES string of the molecule is COCCN(C)Cc1ccc(N)c2cccnc12. The highest BCUT2D eigenvalue weighted by Crippen LogP contribution is 2.23. The van der Waals surface area contributed by atoms with Gasteiger partial charge in [-0.25, -0.2) is 0 Å². The van der Waals surface area contributed by atoms with Crippen LogP contribution in [0.15, 0.2) is 30.5 Å². The number of likely N-dealkylation sites (N-methyl/N-ethyl adjacent to an activating group) is 1. The van der Waals surface area contributed by atoms with E-state index in [2.05, 4.69) is 16.9 Å². The molecule has 18 heavy (non-hydrogen) atoms. The fourth-order valence-electron chi connectivity index (χ4n) is 2.00. The van der Waals surface area contributed by atoms with Gasteiger partial charge in [0.1, 0.15) is 0 Å². The Bertz CT molecular complexity index is 527. The summed E-state index contributed by atoms with van der Waals surface area (Å²) in [5, 5.41) is 1.02. The van der Waals surface area contributed by atoms with E-state index < -0.39 is 0 Å². The van der Waals surface area contributed by atoms with Gasteiger partial charge in [-0.2, -0.15) is 0 Å². The molecule has 1 heterocycles. The molecule has 1 aromatic heterocycles. The summed E-state index contributed by atoms with van der Waals surface area (Å²) >= 11 is 0. The van der Waals surface area contributed by atoms with Gasteiger partial charge in [-0.05, 0) is 30.8 Å². The molecule has 0 unspecified atom stereocenters. The smallest absolute Gasteiger partial charge is 0.0767 e. The number of nitrogens with two attached hydrogens (primary N) is 1. The first-order valence-electron chi connectivity index (χ1n) is 6.02. The summed E-state index contributed by atoms with van der Waals surface area (Å²) < 4.78 is 5.08. The number of fused-ring (bicyclic) bond motifs is 1. The Kier molecular flexibility index (Phi) is 4.12. The topological polar surface area (TPSA) is 51.4 Å². The van der Waals surface area contributed by atoms with Gasteiger partial charge in [0.15, 0.2) is 0 Å². The van der Waals surface area contributed by atoms with Crippen molar-refractivity contribution in [3.05, 3.63) is 36.0 Å². The van der Waals surface area contributed by atoms with Crippen molar-refractivity contribution in [3.63, 3.8) is 0 Å². The molecular formula is C14H19N3O. The third-order valence-corrected chi connectivity index (χ3v) is 3.00. The summed E-state index contributed by atoms with van der Waals surface area (Å²) in [6, 6.07) is 7.92. The number of rotatable bonds is 5. The standard InChI is InChI=1S/C14H19N3O/c1-17(8-9-18-2)10-11-5-6-13(15)12-4-3-7-16-14(11)12/h3-7H,8-10,15H2,1-2H3. The van der Waals surface area contributed by atoms with Crippen molar-refractivity contribution in [2.45, 2.75) is 6.54 Å². The lowest BCUT2D eigenvalue weighted by Crippen LogP contribution is -2.22. The number of hydrogen-bond acceptors (Lipinski definition) is 4. The third kappa shape index (κ3) is 2.78. The van der Waals surface area contributed by atoms with Crippen molar-refractivity contribution >= 4 is 16.6 Å². The Balaban J connectivity index is 2.26. The molecule has 0 radical (unpaired) electrons. The lowest BCUT2D eigenvalue weighted by atomic mass is 10.1. The molecule has 4 nitrogen and oxygen atoms in total. The van der Waals surface area contributed by atoms with Crippen molar-refractivity contribution in [2.24, 2.45) is 0 Å². The number of anilines is 1. The molecule has 96 valence electrons. The van der Waals surface area contributed by atoms with Crippen LogP contribution in [-0.2, 0) is 11.3 Å². The molecule has 0 bridgehead atoms. The number of pyridine rings is 1. The largest absolute Gasteiger partial charge is 0.398 e. The lowest BCUT2D eigenvalue weighted by Gasteiger charge is -2.17. The van der Waals surface area contributed by atoms with Crippen LogP contribution in [0.1, 0.15) is 5.56 Å². The summed E-state index contributed by atoms with van der Waals surface area (Å²) in [5.74, 6) is 0. The van der Waals surface area contributed by atoms with E-state index in [1.807, 2.05) is 24.3 Å². The van der Waals surface area contributed by atoms with Crippen LogP contribution in [0.4, 0.5) is 5.69 Å². The fraction of sp³-hybridized carbons (Fsp3) is 0.357. The van der Waals surface area contributed by atoms with E-state index in [-0.39, 0.29) is 0 Å². The molecule has 0 amide bonds. The second-order valence-electron chi connectivity index (χ2n) is 4.44. The monoisotopic (exact) mass is 245 g/mol. The predicted molar refractivity (Wildman–Crippen MR) is 74.4 cm³/mol. The number of aromatic nitrogens is 1. The summed E-state index contributed by atoms with van der Waals surface area (Å²) in [6.07, 6.45) is 1.81. The Morgan fingerprint density at radius 1 is 1.33 bits per heavy atom. The summed E-state index contributed by atoms with van der Waals surface area (Å²) in [6.45, 7) is 2.48. The minimum atomic E-state index is 0.733. The van der Waals surface area contributed by atoms with Crippen LogP contribution in [0, 0.1) is 0 Å². The molecule has 0 saturated carbocycles. The van der Waals surface area contributed by atoms with Gasteiger partial charge in [0.2, 0.25) is 0 Å². The summed E-state index contributed by atoms with van der Waals surface area (Å²) in [4.78, 5) is 6.65. The van der Waals surface area contributed by atoms with Gasteiger partial charge >= 0.3 is 0 Å². The zero-order valence-electron chi connectivity index (χ0n) is 10.9. The van der Waals surface area contributed by atoms with E-state index in [1.165, 1.54) is 5.56 Å². The number of ether oxygens (including phenoxy) is 1. The molecule has 0 atom stereocenters. The van der Waals surface area contributed by atoms with Gasteiger partial charge in [0.25, 0.3) is 0 Å². The molecule has 2 rings (SSSR count).